The highest BCUT2D eigenvalue weighted by Crippen LogP contribution is 2.27. The number of likely N-dealkylation sites (N-methyl/N-ethyl adjacent to an activating group) is 1. The van der Waals surface area contributed by atoms with Gasteiger partial charge < -0.3 is 38.6 Å². The van der Waals surface area contributed by atoms with E-state index in [-0.39, 0.29) is 36.2 Å². The van der Waals surface area contributed by atoms with Crippen LogP contribution in [0.4, 0.5) is 4.79 Å². The average molecular weight is 317 g/mol. The Hall–Kier alpha value is -1.99. The lowest BCUT2D eigenvalue weighted by Gasteiger charge is -2.12. The van der Waals surface area contributed by atoms with Crippen molar-refractivity contribution in [3.05, 3.63) is 23.8 Å². The van der Waals surface area contributed by atoms with Gasteiger partial charge in [0, 0.05) is 13.6 Å². The summed E-state index contributed by atoms with van der Waals surface area (Å²) in [4.78, 5) is 22.7. The van der Waals surface area contributed by atoms with Crippen molar-refractivity contribution in [2.45, 2.75) is 19.4 Å². The van der Waals surface area contributed by atoms with Crippen LogP contribution in [0.3, 0.4) is 0 Å². The summed E-state index contributed by atoms with van der Waals surface area (Å²) < 4.78 is 4.95. The minimum absolute atomic E-state index is 0. The molecule has 0 aromatic heterocycles. The van der Waals surface area contributed by atoms with Gasteiger partial charge in [-0.15, -0.1) is 0 Å². The molecule has 21 heavy (non-hydrogen) atoms. The Balaban J connectivity index is 0.00000400. The number of rotatable bonds is 5. The van der Waals surface area contributed by atoms with E-state index < -0.39 is 12.1 Å². The standard InChI is InChI=1S/C13H19N3O4.ClH/c1-3-16-13(19)20-11-7-8(4-5-10(11)17)6-9(14)12(18)15-2;/h4-5,7,9,17H,3,6,14H2,1-2H3,(H,15,18)(H,16,19);1H/p-1/t9-;/m0./s1. The number of phenols is 1. The smallest absolute Gasteiger partial charge is 0.412 e. The Labute approximate surface area is 129 Å². The zero-order valence-corrected chi connectivity index (χ0v) is 12.6. The van der Waals surface area contributed by atoms with Gasteiger partial charge in [-0.25, -0.2) is 4.79 Å². The molecule has 0 aliphatic rings. The monoisotopic (exact) mass is 316 g/mol. The minimum atomic E-state index is -0.707. The van der Waals surface area contributed by atoms with Crippen LogP contribution in [0.15, 0.2) is 18.2 Å². The van der Waals surface area contributed by atoms with Crippen LogP contribution in [-0.2, 0) is 11.2 Å². The van der Waals surface area contributed by atoms with Crippen molar-refractivity contribution in [1.29, 1.82) is 0 Å². The van der Waals surface area contributed by atoms with Crippen molar-refractivity contribution in [3.63, 3.8) is 0 Å². The predicted molar refractivity (Wildman–Crippen MR) is 73.6 cm³/mol. The molecule has 0 bridgehead atoms. The molecule has 0 aliphatic carbocycles. The third-order valence-electron chi connectivity index (χ3n) is 2.59. The van der Waals surface area contributed by atoms with Crippen molar-refractivity contribution >= 4 is 12.0 Å². The lowest BCUT2D eigenvalue weighted by molar-refractivity contribution is -0.121. The first kappa shape index (κ1) is 19.0. The zero-order chi connectivity index (χ0) is 15.1. The number of phenolic OH excluding ortho intramolecular Hbond substituents is 1. The van der Waals surface area contributed by atoms with E-state index in [1.165, 1.54) is 19.2 Å². The van der Waals surface area contributed by atoms with Crippen molar-refractivity contribution in [2.75, 3.05) is 13.6 Å². The lowest BCUT2D eigenvalue weighted by Crippen LogP contribution is -3.00. The zero-order valence-electron chi connectivity index (χ0n) is 11.9. The summed E-state index contributed by atoms with van der Waals surface area (Å²) in [5.74, 6) is -0.421. The van der Waals surface area contributed by atoms with Crippen LogP contribution in [0.2, 0.25) is 0 Å². The van der Waals surface area contributed by atoms with Gasteiger partial charge in [-0.1, -0.05) is 6.07 Å². The second kappa shape index (κ2) is 9.04. The molecule has 1 atom stereocenters. The normalized spacial score (nSPS) is 11.0. The first-order valence-corrected chi connectivity index (χ1v) is 6.22. The number of hydrogen-bond donors (Lipinski definition) is 4. The van der Waals surface area contributed by atoms with Crippen LogP contribution in [-0.4, -0.2) is 36.7 Å². The number of aromatic hydroxyl groups is 1. The van der Waals surface area contributed by atoms with Gasteiger partial charge in [0.2, 0.25) is 5.91 Å². The molecule has 0 unspecified atom stereocenters. The molecule has 0 heterocycles. The summed E-state index contributed by atoms with van der Waals surface area (Å²) in [6.07, 6.45) is -0.387. The molecular formula is C13H19ClN3O4-. The summed E-state index contributed by atoms with van der Waals surface area (Å²) in [5, 5.41) is 14.5. The van der Waals surface area contributed by atoms with E-state index in [1.807, 2.05) is 0 Å². The largest absolute Gasteiger partial charge is 1.00 e. The Morgan fingerprint density at radius 3 is 2.67 bits per heavy atom. The summed E-state index contributed by atoms with van der Waals surface area (Å²) in [6, 6.07) is 3.78. The van der Waals surface area contributed by atoms with E-state index in [4.69, 9.17) is 10.5 Å². The quantitative estimate of drug-likeness (QED) is 0.466. The molecule has 118 valence electrons. The second-order valence-corrected chi connectivity index (χ2v) is 4.15. The fraction of sp³-hybridized carbons (Fsp3) is 0.385. The lowest BCUT2D eigenvalue weighted by atomic mass is 10.1. The predicted octanol–water partition coefficient (Wildman–Crippen LogP) is -2.88. The highest BCUT2D eigenvalue weighted by Gasteiger charge is 2.14. The van der Waals surface area contributed by atoms with Crippen LogP contribution in [0.5, 0.6) is 11.5 Å². The third kappa shape index (κ3) is 5.88. The molecule has 0 aliphatic heterocycles. The number of ether oxygens (including phenoxy) is 1. The molecule has 0 saturated carbocycles. The number of carbonyl (C=O) groups is 2. The summed E-state index contributed by atoms with van der Waals surface area (Å²) in [7, 11) is 1.50. The molecule has 0 radical (unpaired) electrons. The Kier molecular flexibility index (Phi) is 8.18. The molecule has 5 N–H and O–H groups in total. The van der Waals surface area contributed by atoms with Gasteiger partial charge in [-0.2, -0.15) is 0 Å². The Morgan fingerprint density at radius 1 is 1.43 bits per heavy atom. The molecule has 8 heteroatoms. The minimum Gasteiger partial charge on any atom is -1.00 e. The van der Waals surface area contributed by atoms with Crippen LogP contribution in [0.1, 0.15) is 12.5 Å². The van der Waals surface area contributed by atoms with Gasteiger partial charge in [0.1, 0.15) is 0 Å². The number of carbonyl (C=O) groups excluding carboxylic acids is 2. The van der Waals surface area contributed by atoms with Crippen molar-refractivity contribution in [1.82, 2.24) is 10.6 Å². The maximum absolute atomic E-state index is 11.4. The SMILES string of the molecule is CCNC(=O)Oc1cc(C[C@H](N)C(=O)NC)ccc1O.[Cl-]. The van der Waals surface area contributed by atoms with Gasteiger partial charge in [-0.05, 0) is 31.0 Å². The van der Waals surface area contributed by atoms with E-state index in [0.29, 0.717) is 12.1 Å². The summed E-state index contributed by atoms with van der Waals surface area (Å²) in [6.45, 7) is 2.17. The highest BCUT2D eigenvalue weighted by molar-refractivity contribution is 5.81. The number of nitrogens with one attached hydrogen (secondary N) is 2. The van der Waals surface area contributed by atoms with Gasteiger partial charge in [0.25, 0.3) is 0 Å². The van der Waals surface area contributed by atoms with E-state index in [9.17, 15) is 14.7 Å². The molecule has 1 aromatic carbocycles. The number of hydrogen-bond acceptors (Lipinski definition) is 5. The molecule has 1 rings (SSSR count). The second-order valence-electron chi connectivity index (χ2n) is 4.15. The van der Waals surface area contributed by atoms with Gasteiger partial charge in [0.05, 0.1) is 6.04 Å². The fourth-order valence-electron chi connectivity index (χ4n) is 1.58. The van der Waals surface area contributed by atoms with Crippen LogP contribution < -0.4 is 33.5 Å². The third-order valence-corrected chi connectivity index (χ3v) is 2.59. The summed E-state index contributed by atoms with van der Waals surface area (Å²) in [5.41, 5.74) is 6.38. The fourth-order valence-corrected chi connectivity index (χ4v) is 1.58. The maximum Gasteiger partial charge on any atom is 0.412 e. The van der Waals surface area contributed by atoms with Gasteiger partial charge >= 0.3 is 6.09 Å². The molecule has 0 fully saturated rings. The van der Waals surface area contributed by atoms with Gasteiger partial charge in [0.15, 0.2) is 11.5 Å². The molecule has 0 spiro atoms. The topological polar surface area (TPSA) is 114 Å². The Bertz CT molecular complexity index is 496. The molecule has 2 amide bonds. The molecule has 0 saturated heterocycles. The first-order chi connectivity index (χ1) is 9.47. The van der Waals surface area contributed by atoms with E-state index in [1.54, 1.807) is 13.0 Å². The number of nitrogens with two attached hydrogens (primary N) is 1. The number of benzene rings is 1. The molecular weight excluding hydrogens is 298 g/mol. The van der Waals surface area contributed by atoms with Crippen molar-refractivity contribution in [3.8, 4) is 11.5 Å². The van der Waals surface area contributed by atoms with Crippen LogP contribution >= 0.6 is 0 Å². The average Bonchev–Trinajstić information content (AvgIpc) is 2.41. The van der Waals surface area contributed by atoms with Crippen LogP contribution in [0, 0.1) is 0 Å². The Morgan fingerprint density at radius 2 is 2.10 bits per heavy atom. The summed E-state index contributed by atoms with van der Waals surface area (Å²) >= 11 is 0. The molecule has 1 aromatic rings. The first-order valence-electron chi connectivity index (χ1n) is 6.22. The van der Waals surface area contributed by atoms with E-state index in [2.05, 4.69) is 10.6 Å². The highest BCUT2D eigenvalue weighted by atomic mass is 35.5. The van der Waals surface area contributed by atoms with Crippen LogP contribution in [0.25, 0.3) is 0 Å². The van der Waals surface area contributed by atoms with Crippen molar-refractivity contribution in [2.24, 2.45) is 5.73 Å². The number of halogens is 1. The van der Waals surface area contributed by atoms with Crippen molar-refractivity contribution < 1.29 is 31.8 Å². The molecule has 7 nitrogen and oxygen atoms in total. The number of amides is 2. The van der Waals surface area contributed by atoms with Gasteiger partial charge in [-0.3, -0.25) is 4.79 Å². The maximum atomic E-state index is 11.4. The van der Waals surface area contributed by atoms with E-state index >= 15 is 0 Å². The van der Waals surface area contributed by atoms with E-state index in [0.717, 1.165) is 0 Å².